The zero-order chi connectivity index (χ0) is 30.1. The lowest BCUT2D eigenvalue weighted by molar-refractivity contribution is -0.132. The molecule has 6 rings (SSSR count). The monoisotopic (exact) mass is 586 g/mol. The van der Waals surface area contributed by atoms with Gasteiger partial charge in [-0.05, 0) is 75.4 Å². The lowest BCUT2D eigenvalue weighted by Gasteiger charge is -2.60. The third-order valence-electron chi connectivity index (χ3n) is 10.7. The maximum absolute atomic E-state index is 12.1. The maximum atomic E-state index is 12.1. The summed E-state index contributed by atoms with van der Waals surface area (Å²) in [6.07, 6.45) is 12.1. The second-order valence-electron chi connectivity index (χ2n) is 13.8. The quantitative estimate of drug-likeness (QED) is 0.122. The summed E-state index contributed by atoms with van der Waals surface area (Å²) in [5.41, 5.74) is 3.40. The minimum Gasteiger partial charge on any atom is -0.508 e. The van der Waals surface area contributed by atoms with Crippen LogP contribution in [0.2, 0.25) is 0 Å². The molecule has 2 bridgehead atoms. The van der Waals surface area contributed by atoms with Crippen molar-refractivity contribution < 1.29 is 19.4 Å². The second kappa shape index (κ2) is 12.6. The third kappa shape index (κ3) is 5.62. The predicted molar refractivity (Wildman–Crippen MR) is 171 cm³/mol. The molecule has 1 N–H and O–H groups in total. The molecule has 6 nitrogen and oxygen atoms in total. The number of benzene rings is 2. The molecule has 0 unspecified atom stereocenters. The number of carbonyl (C=O) groups excluding carboxylic acids is 1. The Hall–Kier alpha value is -2.83. The highest BCUT2D eigenvalue weighted by Crippen LogP contribution is 2.65. The molecule has 2 aliphatic carbocycles. The normalized spacial score (nSPS) is 27.2. The van der Waals surface area contributed by atoms with Gasteiger partial charge in [0, 0.05) is 54.7 Å². The van der Waals surface area contributed by atoms with E-state index in [0.29, 0.717) is 35.4 Å². The van der Waals surface area contributed by atoms with E-state index in [4.69, 9.17) is 9.47 Å². The molecule has 43 heavy (non-hydrogen) atoms. The molecule has 1 saturated heterocycles. The summed E-state index contributed by atoms with van der Waals surface area (Å²) in [4.78, 5) is 17.4. The van der Waals surface area contributed by atoms with Crippen LogP contribution in [0.1, 0.15) is 82.4 Å². The summed E-state index contributed by atoms with van der Waals surface area (Å²) in [5, 5.41) is 11.3. The van der Waals surface area contributed by atoms with E-state index in [2.05, 4.69) is 60.6 Å². The Balaban J connectivity index is 1.26. The number of hydrogen-bond acceptors (Lipinski definition) is 6. The van der Waals surface area contributed by atoms with E-state index in [0.717, 1.165) is 69.4 Å². The molecule has 2 aliphatic heterocycles. The summed E-state index contributed by atoms with van der Waals surface area (Å²) < 4.78 is 12.7. The molecule has 2 aromatic carbocycles. The molecule has 6 heteroatoms. The minimum absolute atomic E-state index is 0.0124. The number of unbranched alkanes of at least 4 members (excludes halogenated alkanes) is 3. The zero-order valence-corrected chi connectivity index (χ0v) is 26.4. The molecule has 5 atom stereocenters. The Kier molecular flexibility index (Phi) is 8.89. The van der Waals surface area contributed by atoms with E-state index in [9.17, 15) is 9.90 Å². The number of carbonyl (C=O) groups is 1. The highest BCUT2D eigenvalue weighted by Gasteiger charge is 2.66. The van der Waals surface area contributed by atoms with Crippen molar-refractivity contribution in [3.8, 4) is 17.2 Å². The van der Waals surface area contributed by atoms with Gasteiger partial charge in [-0.15, -0.1) is 6.58 Å². The number of phenols is 1. The van der Waals surface area contributed by atoms with Crippen LogP contribution in [0, 0.1) is 11.8 Å². The molecule has 2 heterocycles. The Morgan fingerprint density at radius 3 is 2.74 bits per heavy atom. The minimum atomic E-state index is -0.386. The SMILES string of the molecule is C=CCN1CC[C@]23c4c5c(O)cc(OC(C)=O)c4O[C@H]2[C@@H](N(CCCCCCc2ccccc2)CC(C)C)CC[C@H]3[C@H]1C5. The fourth-order valence-corrected chi connectivity index (χ4v) is 9.15. The number of hydrogen-bond donors (Lipinski definition) is 1. The van der Waals surface area contributed by atoms with Crippen LogP contribution in [-0.4, -0.2) is 65.2 Å². The summed E-state index contributed by atoms with van der Waals surface area (Å²) >= 11 is 0. The largest absolute Gasteiger partial charge is 0.508 e. The first-order valence-corrected chi connectivity index (χ1v) is 16.7. The Labute approximate surface area is 258 Å². The first kappa shape index (κ1) is 30.2. The molecule has 4 aliphatic rings. The zero-order valence-electron chi connectivity index (χ0n) is 26.4. The Morgan fingerprint density at radius 2 is 2.00 bits per heavy atom. The molecule has 2 aromatic rings. The summed E-state index contributed by atoms with van der Waals surface area (Å²) in [7, 11) is 0. The van der Waals surface area contributed by atoms with Crippen molar-refractivity contribution in [1.82, 2.24) is 9.80 Å². The smallest absolute Gasteiger partial charge is 0.308 e. The summed E-state index contributed by atoms with van der Waals surface area (Å²) in [6.45, 7) is 14.1. The molecule has 0 aromatic heterocycles. The summed E-state index contributed by atoms with van der Waals surface area (Å²) in [5.74, 6) is 1.95. The van der Waals surface area contributed by atoms with Crippen LogP contribution in [0.4, 0.5) is 0 Å². The van der Waals surface area contributed by atoms with Gasteiger partial charge in [0.15, 0.2) is 11.5 Å². The molecule has 0 radical (unpaired) electrons. The van der Waals surface area contributed by atoms with Crippen molar-refractivity contribution in [2.75, 3.05) is 26.2 Å². The van der Waals surface area contributed by atoms with Crippen LogP contribution < -0.4 is 9.47 Å². The average Bonchev–Trinajstić information content (AvgIpc) is 3.32. The van der Waals surface area contributed by atoms with Crippen molar-refractivity contribution in [2.45, 2.75) is 102 Å². The number of likely N-dealkylation sites (tertiary alicyclic amines) is 1. The molecule has 2 fully saturated rings. The van der Waals surface area contributed by atoms with E-state index in [-0.39, 0.29) is 23.2 Å². The van der Waals surface area contributed by atoms with Crippen molar-refractivity contribution in [3.63, 3.8) is 0 Å². The Bertz CT molecular complexity index is 1310. The van der Waals surface area contributed by atoms with Crippen LogP contribution in [0.15, 0.2) is 49.1 Å². The third-order valence-corrected chi connectivity index (χ3v) is 10.7. The van der Waals surface area contributed by atoms with Gasteiger partial charge in [-0.1, -0.05) is 63.1 Å². The van der Waals surface area contributed by atoms with Crippen molar-refractivity contribution in [1.29, 1.82) is 0 Å². The van der Waals surface area contributed by atoms with Gasteiger partial charge in [-0.3, -0.25) is 14.6 Å². The number of ether oxygens (including phenoxy) is 2. The molecule has 1 spiro atoms. The van der Waals surface area contributed by atoms with Crippen molar-refractivity contribution in [2.24, 2.45) is 11.8 Å². The summed E-state index contributed by atoms with van der Waals surface area (Å²) in [6, 6.07) is 13.1. The number of rotatable bonds is 13. The van der Waals surface area contributed by atoms with Crippen molar-refractivity contribution >= 4 is 5.97 Å². The lowest BCUT2D eigenvalue weighted by atomic mass is 9.50. The highest BCUT2D eigenvalue weighted by molar-refractivity contribution is 5.73. The van der Waals surface area contributed by atoms with Gasteiger partial charge in [-0.25, -0.2) is 0 Å². The number of phenolic OH excluding ortho intramolecular Hbond substituents is 1. The average molecular weight is 587 g/mol. The van der Waals surface area contributed by atoms with Crippen LogP contribution in [0.25, 0.3) is 0 Å². The standard InChI is InChI=1S/C37H50N2O4/c1-5-19-38-21-18-37-29-16-17-30(39(24-25(2)3)20-12-7-6-9-13-27-14-10-8-11-15-27)36(37)43-35-33(42-26(4)40)23-32(41)28(34(35)37)22-31(29)38/h5,8,10-11,14-15,23,25,29-31,36,41H,1,6-7,9,12-13,16-22,24H2,2-4H3/t29-,30-,31+,36-,37-/m0/s1. The van der Waals surface area contributed by atoms with Crippen LogP contribution >= 0.6 is 0 Å². The fourth-order valence-electron chi connectivity index (χ4n) is 9.15. The number of aromatic hydroxyl groups is 1. The lowest BCUT2D eigenvalue weighted by Crippen LogP contribution is -2.69. The van der Waals surface area contributed by atoms with Gasteiger partial charge in [0.2, 0.25) is 0 Å². The van der Waals surface area contributed by atoms with Crippen LogP contribution in [0.3, 0.4) is 0 Å². The van der Waals surface area contributed by atoms with Gasteiger partial charge < -0.3 is 14.6 Å². The molecular formula is C37H50N2O4. The highest BCUT2D eigenvalue weighted by atomic mass is 16.6. The van der Waals surface area contributed by atoms with Crippen LogP contribution in [-0.2, 0) is 23.1 Å². The first-order valence-electron chi connectivity index (χ1n) is 16.7. The molecular weight excluding hydrogens is 536 g/mol. The van der Waals surface area contributed by atoms with Gasteiger partial charge in [-0.2, -0.15) is 0 Å². The van der Waals surface area contributed by atoms with E-state index >= 15 is 0 Å². The first-order chi connectivity index (χ1) is 20.8. The van der Waals surface area contributed by atoms with Gasteiger partial charge in [0.25, 0.3) is 0 Å². The van der Waals surface area contributed by atoms with Gasteiger partial charge in [0.05, 0.1) is 0 Å². The fraction of sp³-hybridized carbons (Fsp3) is 0.595. The van der Waals surface area contributed by atoms with Gasteiger partial charge >= 0.3 is 5.97 Å². The number of esters is 1. The molecule has 0 amide bonds. The number of piperidine rings is 1. The number of nitrogens with zero attached hydrogens (tertiary/aromatic N) is 2. The van der Waals surface area contributed by atoms with Crippen LogP contribution in [0.5, 0.6) is 17.2 Å². The van der Waals surface area contributed by atoms with E-state index in [1.165, 1.54) is 38.2 Å². The van der Waals surface area contributed by atoms with Crippen molar-refractivity contribution in [3.05, 3.63) is 65.7 Å². The van der Waals surface area contributed by atoms with E-state index in [1.807, 2.05) is 6.08 Å². The molecule has 1 saturated carbocycles. The number of aryl methyl sites for hydroxylation is 1. The Morgan fingerprint density at radius 1 is 1.21 bits per heavy atom. The van der Waals surface area contributed by atoms with E-state index < -0.39 is 0 Å². The van der Waals surface area contributed by atoms with E-state index in [1.54, 1.807) is 6.07 Å². The topological polar surface area (TPSA) is 62.2 Å². The molecule has 232 valence electrons. The second-order valence-corrected chi connectivity index (χ2v) is 13.8. The maximum Gasteiger partial charge on any atom is 0.308 e. The van der Waals surface area contributed by atoms with Gasteiger partial charge in [0.1, 0.15) is 11.9 Å². The predicted octanol–water partition coefficient (Wildman–Crippen LogP) is 6.67.